The minimum Gasteiger partial charge on any atom is -0.344 e. The summed E-state index contributed by atoms with van der Waals surface area (Å²) in [5, 5.41) is 1.92. The van der Waals surface area contributed by atoms with E-state index in [1.807, 2.05) is 25.3 Å². The Morgan fingerprint density at radius 3 is 2.84 bits per heavy atom. The van der Waals surface area contributed by atoms with Crippen LogP contribution in [-0.4, -0.2) is 52.9 Å². The average molecular weight is 298 g/mol. The van der Waals surface area contributed by atoms with Crippen LogP contribution < -0.4 is 0 Å². The summed E-state index contributed by atoms with van der Waals surface area (Å²) >= 11 is 3.09. The molecule has 0 N–H and O–H groups in total. The molecule has 1 aliphatic rings. The summed E-state index contributed by atoms with van der Waals surface area (Å²) in [6, 6.07) is 1.62. The Hall–Kier alpha value is -1.01. The molecule has 6 heteroatoms. The second kappa shape index (κ2) is 5.96. The van der Waals surface area contributed by atoms with Gasteiger partial charge in [0, 0.05) is 19.3 Å². The number of amides is 2. The van der Waals surface area contributed by atoms with Gasteiger partial charge in [-0.1, -0.05) is 0 Å². The highest BCUT2D eigenvalue weighted by molar-refractivity contribution is 7.99. The molecule has 1 saturated heterocycles. The molecule has 2 rings (SSSR count). The third-order valence-corrected chi connectivity index (χ3v) is 5.35. The van der Waals surface area contributed by atoms with E-state index >= 15 is 0 Å². The van der Waals surface area contributed by atoms with E-state index in [2.05, 4.69) is 0 Å². The van der Waals surface area contributed by atoms with Crippen molar-refractivity contribution >= 4 is 34.9 Å². The van der Waals surface area contributed by atoms with Gasteiger partial charge in [-0.2, -0.15) is 0 Å². The van der Waals surface area contributed by atoms with Gasteiger partial charge in [0.15, 0.2) is 0 Å². The first kappa shape index (κ1) is 14.4. The van der Waals surface area contributed by atoms with E-state index in [0.29, 0.717) is 18.2 Å². The highest BCUT2D eigenvalue weighted by atomic mass is 32.2. The van der Waals surface area contributed by atoms with Crippen molar-refractivity contribution in [1.29, 1.82) is 0 Å². The van der Waals surface area contributed by atoms with Crippen molar-refractivity contribution in [2.75, 3.05) is 25.2 Å². The summed E-state index contributed by atoms with van der Waals surface area (Å²) in [6.45, 7) is 4.54. The van der Waals surface area contributed by atoms with Gasteiger partial charge in [0.05, 0.1) is 10.8 Å². The summed E-state index contributed by atoms with van der Waals surface area (Å²) in [7, 11) is 1.78. The van der Waals surface area contributed by atoms with Crippen LogP contribution >= 0.6 is 23.1 Å². The molecule has 4 nitrogen and oxygen atoms in total. The smallest absolute Gasteiger partial charge is 0.265 e. The topological polar surface area (TPSA) is 40.6 Å². The third kappa shape index (κ3) is 2.79. The first-order chi connectivity index (χ1) is 9.06. The van der Waals surface area contributed by atoms with Crippen LogP contribution in [0.1, 0.15) is 22.2 Å². The SMILES string of the molecule is CCN(C)C(=O)[C@H]1CSCN1C(=O)c1sccc1C. The molecule has 0 spiro atoms. The quantitative estimate of drug-likeness (QED) is 0.857. The Morgan fingerprint density at radius 1 is 1.53 bits per heavy atom. The van der Waals surface area contributed by atoms with Crippen LogP contribution in [0.4, 0.5) is 0 Å². The van der Waals surface area contributed by atoms with Crippen LogP contribution in [0.3, 0.4) is 0 Å². The lowest BCUT2D eigenvalue weighted by atomic mass is 10.2. The van der Waals surface area contributed by atoms with Crippen molar-refractivity contribution in [3.05, 3.63) is 21.9 Å². The first-order valence-electron chi connectivity index (χ1n) is 6.24. The fraction of sp³-hybridized carbons (Fsp3) is 0.538. The maximum atomic E-state index is 12.5. The molecular weight excluding hydrogens is 280 g/mol. The molecule has 0 saturated carbocycles. The summed E-state index contributed by atoms with van der Waals surface area (Å²) < 4.78 is 0. The molecule has 1 fully saturated rings. The predicted octanol–water partition coefficient (Wildman–Crippen LogP) is 2.05. The van der Waals surface area contributed by atoms with Crippen molar-refractivity contribution < 1.29 is 9.59 Å². The van der Waals surface area contributed by atoms with Crippen LogP contribution in [0.2, 0.25) is 0 Å². The monoisotopic (exact) mass is 298 g/mol. The minimum atomic E-state index is -0.316. The number of hydrogen-bond donors (Lipinski definition) is 0. The molecule has 104 valence electrons. The minimum absolute atomic E-state index is 0.0136. The zero-order chi connectivity index (χ0) is 14.0. The van der Waals surface area contributed by atoms with Gasteiger partial charge in [-0.3, -0.25) is 9.59 Å². The van der Waals surface area contributed by atoms with Crippen molar-refractivity contribution in [3.8, 4) is 0 Å². The lowest BCUT2D eigenvalue weighted by Gasteiger charge is -2.26. The van der Waals surface area contributed by atoms with E-state index < -0.39 is 0 Å². The summed E-state index contributed by atoms with van der Waals surface area (Å²) in [5.41, 5.74) is 0.988. The fourth-order valence-electron chi connectivity index (χ4n) is 1.98. The summed E-state index contributed by atoms with van der Waals surface area (Å²) in [5.74, 6) is 1.32. The molecule has 0 bridgehead atoms. The Labute approximate surface area is 121 Å². The molecule has 0 aliphatic carbocycles. The molecular formula is C13H18N2O2S2. The largest absolute Gasteiger partial charge is 0.344 e. The van der Waals surface area contributed by atoms with Crippen LogP contribution in [0.15, 0.2) is 11.4 Å². The normalized spacial score (nSPS) is 18.7. The van der Waals surface area contributed by atoms with Gasteiger partial charge < -0.3 is 9.80 Å². The Bertz CT molecular complexity index is 487. The average Bonchev–Trinajstić information content (AvgIpc) is 3.04. The molecule has 1 aromatic heterocycles. The van der Waals surface area contributed by atoms with Crippen LogP contribution in [0.25, 0.3) is 0 Å². The number of rotatable bonds is 3. The summed E-state index contributed by atoms with van der Waals surface area (Å²) in [6.07, 6.45) is 0. The van der Waals surface area contributed by atoms with Crippen molar-refractivity contribution in [2.45, 2.75) is 19.9 Å². The molecule has 0 unspecified atom stereocenters. The molecule has 2 amide bonds. The maximum absolute atomic E-state index is 12.5. The molecule has 1 aliphatic heterocycles. The van der Waals surface area contributed by atoms with Crippen molar-refractivity contribution in [1.82, 2.24) is 9.80 Å². The standard InChI is InChI=1S/C13H18N2O2S2/c1-4-14(3)12(16)10-7-18-8-15(10)13(17)11-9(2)5-6-19-11/h5-6,10H,4,7-8H2,1-3H3/t10-/m1/s1. The van der Waals surface area contributed by atoms with E-state index in [9.17, 15) is 9.59 Å². The predicted molar refractivity (Wildman–Crippen MR) is 79.6 cm³/mol. The van der Waals surface area contributed by atoms with Gasteiger partial charge in [0.25, 0.3) is 5.91 Å². The van der Waals surface area contributed by atoms with Gasteiger partial charge in [-0.05, 0) is 30.9 Å². The maximum Gasteiger partial charge on any atom is 0.265 e. The van der Waals surface area contributed by atoms with E-state index in [1.165, 1.54) is 11.3 Å². The van der Waals surface area contributed by atoms with Gasteiger partial charge >= 0.3 is 0 Å². The zero-order valence-electron chi connectivity index (χ0n) is 11.4. The van der Waals surface area contributed by atoms with Gasteiger partial charge in [0.2, 0.25) is 5.91 Å². The van der Waals surface area contributed by atoms with Gasteiger partial charge in [-0.15, -0.1) is 23.1 Å². The highest BCUT2D eigenvalue weighted by Gasteiger charge is 2.36. The number of likely N-dealkylation sites (N-methyl/N-ethyl adjacent to an activating group) is 1. The highest BCUT2D eigenvalue weighted by Crippen LogP contribution is 2.27. The molecule has 2 heterocycles. The molecule has 0 aromatic carbocycles. The van der Waals surface area contributed by atoms with E-state index in [4.69, 9.17) is 0 Å². The molecule has 1 aromatic rings. The number of nitrogens with zero attached hydrogens (tertiary/aromatic N) is 2. The fourth-order valence-corrected chi connectivity index (χ4v) is 4.01. The van der Waals surface area contributed by atoms with Crippen LogP contribution in [0.5, 0.6) is 0 Å². The van der Waals surface area contributed by atoms with E-state index in [0.717, 1.165) is 10.4 Å². The van der Waals surface area contributed by atoms with Crippen LogP contribution in [-0.2, 0) is 4.79 Å². The second-order valence-corrected chi connectivity index (χ2v) is 6.49. The van der Waals surface area contributed by atoms with Gasteiger partial charge in [-0.25, -0.2) is 0 Å². The number of carbonyl (C=O) groups is 2. The third-order valence-electron chi connectivity index (χ3n) is 3.34. The van der Waals surface area contributed by atoms with Crippen LogP contribution in [0, 0.1) is 6.92 Å². The number of hydrogen-bond acceptors (Lipinski definition) is 4. The second-order valence-electron chi connectivity index (χ2n) is 4.58. The van der Waals surface area contributed by atoms with Crippen molar-refractivity contribution in [3.63, 3.8) is 0 Å². The Kier molecular flexibility index (Phi) is 4.52. The first-order valence-corrected chi connectivity index (χ1v) is 8.27. The number of thioether (sulfide) groups is 1. The van der Waals surface area contributed by atoms with E-state index in [-0.39, 0.29) is 17.9 Å². The zero-order valence-corrected chi connectivity index (χ0v) is 13.0. The summed E-state index contributed by atoms with van der Waals surface area (Å²) in [4.78, 5) is 28.9. The lowest BCUT2D eigenvalue weighted by Crippen LogP contribution is -2.47. The Morgan fingerprint density at radius 2 is 2.26 bits per heavy atom. The van der Waals surface area contributed by atoms with Crippen molar-refractivity contribution in [2.24, 2.45) is 0 Å². The number of carbonyl (C=O) groups excluding carboxylic acids is 2. The van der Waals surface area contributed by atoms with Gasteiger partial charge in [0.1, 0.15) is 6.04 Å². The molecule has 19 heavy (non-hydrogen) atoms. The number of aryl methyl sites for hydroxylation is 1. The number of thiophene rings is 1. The Balaban J connectivity index is 2.17. The van der Waals surface area contributed by atoms with E-state index in [1.54, 1.807) is 28.6 Å². The molecule has 1 atom stereocenters. The lowest BCUT2D eigenvalue weighted by molar-refractivity contribution is -0.133. The molecule has 0 radical (unpaired) electrons.